The lowest BCUT2D eigenvalue weighted by molar-refractivity contribution is -0.127. The lowest BCUT2D eigenvalue weighted by atomic mass is 10.1. The highest BCUT2D eigenvalue weighted by Crippen LogP contribution is 2.26. The molecule has 0 unspecified atom stereocenters. The molecule has 1 saturated heterocycles. The Morgan fingerprint density at radius 1 is 1.03 bits per heavy atom. The van der Waals surface area contributed by atoms with Gasteiger partial charge in [-0.1, -0.05) is 31.7 Å². The molecule has 3 N–H and O–H groups in total. The minimum absolute atomic E-state index is 0.105. The maximum absolute atomic E-state index is 14.1. The zero-order valence-electron chi connectivity index (χ0n) is 19.9. The van der Waals surface area contributed by atoms with E-state index >= 15 is 0 Å². The number of likely N-dealkylation sites (tertiary alicyclic amines) is 1. The van der Waals surface area contributed by atoms with E-state index in [9.17, 15) is 9.18 Å². The molecule has 1 aromatic carbocycles. The summed E-state index contributed by atoms with van der Waals surface area (Å²) in [6.07, 6.45) is 9.46. The smallest absolute Gasteiger partial charge is 0.250 e. The van der Waals surface area contributed by atoms with E-state index < -0.39 is 0 Å². The molecule has 0 radical (unpaired) electrons. The second-order valence-corrected chi connectivity index (χ2v) is 9.36. The third kappa shape index (κ3) is 6.08. The van der Waals surface area contributed by atoms with Crippen LogP contribution in [-0.2, 0) is 16.2 Å². The van der Waals surface area contributed by atoms with Crippen molar-refractivity contribution in [2.24, 2.45) is 0 Å². The van der Waals surface area contributed by atoms with Crippen LogP contribution < -0.4 is 21.2 Å². The molecule has 1 aliphatic carbocycles. The topological polar surface area (TPSA) is 108 Å². The average molecular weight is 485 g/mol. The molecule has 1 aromatic heterocycles. The molecule has 2 fully saturated rings. The summed E-state index contributed by atoms with van der Waals surface area (Å²) < 4.78 is 14.1. The molecule has 1 amide bonds. The number of nitrogens with zero attached hydrogens (tertiary/aromatic N) is 5. The summed E-state index contributed by atoms with van der Waals surface area (Å²) in [4.78, 5) is 33.1. The van der Waals surface area contributed by atoms with Crippen molar-refractivity contribution in [3.05, 3.63) is 29.6 Å². The van der Waals surface area contributed by atoms with Crippen molar-refractivity contribution in [3.63, 3.8) is 0 Å². The molecule has 35 heavy (non-hydrogen) atoms. The largest absolute Gasteiger partial charge is 0.354 e. The predicted octanol–water partition coefficient (Wildman–Crippen LogP) is 3.85. The van der Waals surface area contributed by atoms with Gasteiger partial charge in [-0.2, -0.15) is 20.1 Å². The van der Waals surface area contributed by atoms with Gasteiger partial charge in [0.1, 0.15) is 12.4 Å². The van der Waals surface area contributed by atoms with Crippen LogP contribution in [0.1, 0.15) is 63.4 Å². The summed E-state index contributed by atoms with van der Waals surface area (Å²) in [5, 5.41) is 8.13. The zero-order chi connectivity index (χ0) is 24.0. The fourth-order valence-electron chi connectivity index (χ4n) is 4.76. The molecule has 2 aromatic rings. The third-order valence-corrected chi connectivity index (χ3v) is 6.70. The Bertz CT molecular complexity index is 1030. The number of carbonyl (C=O) groups is 1. The Morgan fingerprint density at radius 2 is 1.83 bits per heavy atom. The van der Waals surface area contributed by atoms with Crippen LogP contribution in [0.15, 0.2) is 18.2 Å². The van der Waals surface area contributed by atoms with Crippen molar-refractivity contribution in [1.82, 2.24) is 19.9 Å². The lowest BCUT2D eigenvalue weighted by Gasteiger charge is -2.22. The Kier molecular flexibility index (Phi) is 7.41. The monoisotopic (exact) mass is 484 g/mol. The quantitative estimate of drug-likeness (QED) is 0.361. The van der Waals surface area contributed by atoms with Crippen LogP contribution in [0.4, 0.5) is 27.9 Å². The van der Waals surface area contributed by atoms with Gasteiger partial charge in [-0.25, -0.2) is 14.7 Å². The molecular formula is C24H33FN8O2. The Hall–Kier alpha value is -3.21. The standard InChI is InChI=1S/C24H33FN8O2/c25-20-15-19-11-10-17(20)16-35-33(19)31-24-29-22(26-12-6-14-32-13-5-9-21(32)34)28-23(30-24)27-18-7-3-1-2-4-8-18/h10-11,15,18H,1-9,12-14,16H2,(H3,26,27,28,29,30,31). The van der Waals surface area contributed by atoms with Crippen molar-refractivity contribution < 1.29 is 14.0 Å². The molecule has 0 spiro atoms. The molecular weight excluding hydrogens is 451 g/mol. The van der Waals surface area contributed by atoms with Crippen molar-refractivity contribution in [2.75, 3.05) is 40.9 Å². The van der Waals surface area contributed by atoms with Gasteiger partial charge in [0.05, 0.1) is 5.69 Å². The first-order chi connectivity index (χ1) is 17.1. The van der Waals surface area contributed by atoms with Gasteiger partial charge in [0.15, 0.2) is 0 Å². The summed E-state index contributed by atoms with van der Waals surface area (Å²) in [7, 11) is 0. The number of fused-ring (bicyclic) bond motifs is 4. The lowest BCUT2D eigenvalue weighted by Crippen LogP contribution is -2.30. The summed E-state index contributed by atoms with van der Waals surface area (Å²) in [6, 6.07) is 5.22. The van der Waals surface area contributed by atoms with Gasteiger partial charge in [0, 0.05) is 43.7 Å². The molecule has 188 valence electrons. The molecule has 4 aliphatic rings. The van der Waals surface area contributed by atoms with Crippen molar-refractivity contribution >= 4 is 29.4 Å². The summed E-state index contributed by atoms with van der Waals surface area (Å²) in [5.41, 5.74) is 4.05. The van der Waals surface area contributed by atoms with Crippen LogP contribution in [0.2, 0.25) is 0 Å². The molecule has 11 heteroatoms. The minimum Gasteiger partial charge on any atom is -0.354 e. The van der Waals surface area contributed by atoms with E-state index in [2.05, 4.69) is 31.0 Å². The van der Waals surface area contributed by atoms with E-state index in [4.69, 9.17) is 4.84 Å². The van der Waals surface area contributed by atoms with Gasteiger partial charge in [0.2, 0.25) is 23.8 Å². The summed E-state index contributed by atoms with van der Waals surface area (Å²) in [5.74, 6) is 1.13. The first-order valence-electron chi connectivity index (χ1n) is 12.7. The van der Waals surface area contributed by atoms with Crippen LogP contribution >= 0.6 is 0 Å². The highest BCUT2D eigenvalue weighted by Gasteiger charge is 2.21. The number of hydrazine groups is 1. The van der Waals surface area contributed by atoms with Gasteiger partial charge in [-0.05, 0) is 31.7 Å². The molecule has 1 saturated carbocycles. The van der Waals surface area contributed by atoms with E-state index in [0.717, 1.165) is 38.8 Å². The average Bonchev–Trinajstić information content (AvgIpc) is 3.01. The van der Waals surface area contributed by atoms with E-state index in [1.807, 2.05) is 4.90 Å². The Balaban J connectivity index is 1.27. The van der Waals surface area contributed by atoms with Crippen molar-refractivity contribution in [3.8, 4) is 0 Å². The first kappa shape index (κ1) is 23.5. The Morgan fingerprint density at radius 3 is 2.60 bits per heavy atom. The van der Waals surface area contributed by atoms with E-state index in [1.54, 1.807) is 12.1 Å². The molecule has 4 heterocycles. The van der Waals surface area contributed by atoms with E-state index in [-0.39, 0.29) is 18.3 Å². The molecule has 2 bridgehead atoms. The SMILES string of the molecule is O=C1CCCN1CCCNc1nc(NC2CCCCCC2)nc(NN2OCc3ccc2cc3F)n1. The minimum atomic E-state index is -0.308. The second kappa shape index (κ2) is 11.0. The number of hydrogen-bond donors (Lipinski definition) is 3. The number of rotatable bonds is 9. The number of amides is 1. The molecule has 3 aliphatic heterocycles. The number of carbonyl (C=O) groups excluding carboxylic acids is 1. The Labute approximate surface area is 204 Å². The summed E-state index contributed by atoms with van der Waals surface area (Å²) >= 11 is 0. The van der Waals surface area contributed by atoms with Crippen molar-refractivity contribution in [2.45, 2.75) is 70.4 Å². The van der Waals surface area contributed by atoms with Crippen LogP contribution in [0.5, 0.6) is 0 Å². The second-order valence-electron chi connectivity index (χ2n) is 9.36. The van der Waals surface area contributed by atoms with Gasteiger partial charge < -0.3 is 15.5 Å². The number of aromatic nitrogens is 3. The van der Waals surface area contributed by atoms with Gasteiger partial charge in [-0.3, -0.25) is 4.79 Å². The maximum atomic E-state index is 14.1. The van der Waals surface area contributed by atoms with Crippen LogP contribution in [-0.4, -0.2) is 51.4 Å². The normalized spacial score (nSPS) is 18.5. The van der Waals surface area contributed by atoms with Crippen molar-refractivity contribution in [1.29, 1.82) is 0 Å². The van der Waals surface area contributed by atoms with Crippen LogP contribution in [0, 0.1) is 5.82 Å². The number of hydrogen-bond acceptors (Lipinski definition) is 9. The number of halogens is 1. The predicted molar refractivity (Wildman–Crippen MR) is 131 cm³/mol. The van der Waals surface area contributed by atoms with Gasteiger partial charge in [-0.15, -0.1) is 0 Å². The highest BCUT2D eigenvalue weighted by atomic mass is 19.1. The third-order valence-electron chi connectivity index (χ3n) is 6.70. The molecule has 6 rings (SSSR count). The first-order valence-corrected chi connectivity index (χ1v) is 12.7. The number of anilines is 4. The molecule has 0 atom stereocenters. The number of benzene rings is 1. The van der Waals surface area contributed by atoms with Crippen LogP contribution in [0.3, 0.4) is 0 Å². The fraction of sp³-hybridized carbons (Fsp3) is 0.583. The highest BCUT2D eigenvalue weighted by molar-refractivity contribution is 5.78. The zero-order valence-corrected chi connectivity index (χ0v) is 19.9. The fourth-order valence-corrected chi connectivity index (χ4v) is 4.76. The van der Waals surface area contributed by atoms with E-state index in [1.165, 1.54) is 36.9 Å². The number of nitrogens with one attached hydrogen (secondary N) is 3. The van der Waals surface area contributed by atoms with E-state index in [0.29, 0.717) is 48.1 Å². The van der Waals surface area contributed by atoms with Crippen LogP contribution in [0.25, 0.3) is 0 Å². The summed E-state index contributed by atoms with van der Waals surface area (Å²) in [6.45, 7) is 2.29. The van der Waals surface area contributed by atoms with Gasteiger partial charge >= 0.3 is 0 Å². The maximum Gasteiger partial charge on any atom is 0.250 e. The van der Waals surface area contributed by atoms with Gasteiger partial charge in [0.25, 0.3) is 0 Å². The molecule has 10 nitrogen and oxygen atoms in total.